The summed E-state index contributed by atoms with van der Waals surface area (Å²) in [5.74, 6) is -1.32. The Morgan fingerprint density at radius 3 is 1.17 bits per heavy atom. The number of aliphatic hydroxyl groups is 10. The number of aliphatic hydroxyl groups excluding tert-OH is 10. The van der Waals surface area contributed by atoms with Gasteiger partial charge in [-0.05, 0) is 50.9 Å². The highest BCUT2D eigenvalue weighted by Gasteiger charge is 2.58. The fraction of sp³-hybridized carbons (Fsp3) is 0.935. The van der Waals surface area contributed by atoms with Crippen molar-refractivity contribution >= 4 is 25.7 Å². The summed E-state index contributed by atoms with van der Waals surface area (Å²) >= 11 is 0. The fourth-order valence-electron chi connectivity index (χ4n) is 13.5. The van der Waals surface area contributed by atoms with E-state index >= 15 is 0 Å². The molecule has 102 heavy (non-hydrogen) atoms. The van der Waals surface area contributed by atoms with E-state index in [9.17, 15) is 74.9 Å². The molecule has 1 aliphatic carbocycles. The Morgan fingerprint density at radius 1 is 0.402 bits per heavy atom. The number of ether oxygens (including phenoxy) is 7. The highest BCUT2D eigenvalue weighted by Crippen LogP contribution is 2.49. The summed E-state index contributed by atoms with van der Waals surface area (Å²) in [5, 5.41) is 110. The van der Waals surface area contributed by atoms with Gasteiger partial charge in [0.2, 0.25) is 0 Å². The lowest BCUT2D eigenvalue weighted by Gasteiger charge is -2.49. The van der Waals surface area contributed by atoms with Gasteiger partial charge in [-0.3, -0.25) is 23.4 Å². The summed E-state index contributed by atoms with van der Waals surface area (Å²) < 4.78 is 65.2. The number of carbonyl (C=O) groups excluding carboxylic acids is 3. The molecule has 24 nitrogen and oxygen atoms in total. The Balaban J connectivity index is 1.71. The summed E-state index contributed by atoms with van der Waals surface area (Å²) in [7, 11) is -5.70. The van der Waals surface area contributed by atoms with Gasteiger partial charge in [0, 0.05) is 19.3 Å². The minimum absolute atomic E-state index is 0.0270. The van der Waals surface area contributed by atoms with Gasteiger partial charge in [0.05, 0.1) is 13.2 Å². The molecule has 11 N–H and O–H groups in total. The van der Waals surface area contributed by atoms with Crippen LogP contribution in [0.25, 0.3) is 0 Å². The minimum atomic E-state index is -5.70. The first-order chi connectivity index (χ1) is 49.2. The predicted molar refractivity (Wildman–Crippen MR) is 388 cm³/mol. The van der Waals surface area contributed by atoms with Gasteiger partial charge in [-0.25, -0.2) is 4.57 Å². The molecule has 3 fully saturated rings. The summed E-state index contributed by atoms with van der Waals surface area (Å²) in [6.45, 7) is 5.79. The van der Waals surface area contributed by atoms with E-state index in [-0.39, 0.29) is 19.3 Å². The zero-order chi connectivity index (χ0) is 74.8. The van der Waals surface area contributed by atoms with E-state index in [0.717, 1.165) is 96.3 Å². The van der Waals surface area contributed by atoms with Crippen molar-refractivity contribution in [3.8, 4) is 0 Å². The van der Waals surface area contributed by atoms with Gasteiger partial charge in [0.15, 0.2) is 18.7 Å². The zero-order valence-corrected chi connectivity index (χ0v) is 64.0. The monoisotopic (exact) mass is 1480 g/mol. The molecule has 0 amide bonds. The first-order valence-corrected chi connectivity index (χ1v) is 41.9. The Labute approximate surface area is 612 Å². The average molecular weight is 1480 g/mol. The molecule has 2 saturated heterocycles. The van der Waals surface area contributed by atoms with E-state index in [1.165, 1.54) is 161 Å². The summed E-state index contributed by atoms with van der Waals surface area (Å²) in [4.78, 5) is 51.2. The van der Waals surface area contributed by atoms with Gasteiger partial charge in [0.25, 0.3) is 0 Å². The van der Waals surface area contributed by atoms with Crippen LogP contribution in [0.15, 0.2) is 12.2 Å². The van der Waals surface area contributed by atoms with Gasteiger partial charge >= 0.3 is 25.7 Å². The average Bonchev–Trinajstić information content (AvgIpc) is 0.761. The number of allylic oxidation sites excluding steroid dienone is 2. The van der Waals surface area contributed by atoms with Gasteiger partial charge in [-0.15, -0.1) is 0 Å². The standard InChI is InChI=1S/C77H143O24P/c1-5-8-11-14-17-19-21-23-25-26-27-29-31-33-35-41-46-51-62(80)94-56-60-65(83)67(85)72(90)77(98-60)100-74-70(88)68(86)69(87)73(99-76-71(89)66(84)64(82)59(53-78)97-76)75(74)101-102(91,92)95-55-58(54-93-61(79)50-45-40-34-32-30-28-24-22-20-18-15-12-9-6-2)96-63(81)52-47-42-37-36-39-44-49-57(4)48-43-38-16-13-10-7-3/h28,30,57-60,64-78,82-90H,5-27,29,31-56H2,1-4H3,(H,91,92)/b30-28-. The Hall–Kier alpha value is -2.30. The van der Waals surface area contributed by atoms with E-state index < -0.39 is 156 Å². The number of phosphoric ester groups is 1. The van der Waals surface area contributed by atoms with Crippen molar-refractivity contribution in [2.24, 2.45) is 5.92 Å². The molecule has 0 spiro atoms. The van der Waals surface area contributed by atoms with E-state index in [1.807, 2.05) is 0 Å². The number of rotatable bonds is 63. The third-order valence-corrected chi connectivity index (χ3v) is 21.2. The predicted octanol–water partition coefficient (Wildman–Crippen LogP) is 12.2. The van der Waals surface area contributed by atoms with Crippen molar-refractivity contribution in [1.29, 1.82) is 0 Å². The number of hydrogen-bond acceptors (Lipinski definition) is 23. The SMILES string of the molecule is CCCCCCCCC/C=C\CCCCCC(=O)OCC(COP(=O)(O)OC1C(OC2OC(CO)C(O)C(O)C2O)C(O)C(O)C(O)C1OC1OC(COC(=O)CCCCCCCCCCCCCCCCCCC)C(O)C(O)C1O)OC(=O)CCCCCCCCC(C)CCCCCCCC. The van der Waals surface area contributed by atoms with E-state index in [1.54, 1.807) is 0 Å². The molecule has 2 heterocycles. The number of phosphoric acid groups is 1. The molecule has 2 aliphatic heterocycles. The van der Waals surface area contributed by atoms with Crippen LogP contribution in [0.4, 0.5) is 0 Å². The number of unbranched alkanes of at least 4 members (excludes halogenated alkanes) is 36. The molecule has 0 aromatic carbocycles. The van der Waals surface area contributed by atoms with Crippen LogP contribution < -0.4 is 0 Å². The van der Waals surface area contributed by atoms with Crippen LogP contribution >= 0.6 is 7.82 Å². The fourth-order valence-corrected chi connectivity index (χ4v) is 14.5. The maximum absolute atomic E-state index is 14.4. The van der Waals surface area contributed by atoms with Crippen LogP contribution in [0.2, 0.25) is 0 Å². The first-order valence-electron chi connectivity index (χ1n) is 40.4. The summed E-state index contributed by atoms with van der Waals surface area (Å²) in [6.07, 6.45) is 16.9. The number of carbonyl (C=O) groups is 3. The summed E-state index contributed by atoms with van der Waals surface area (Å²) in [5.41, 5.74) is 0. The maximum Gasteiger partial charge on any atom is 0.472 e. The van der Waals surface area contributed by atoms with Crippen molar-refractivity contribution in [3.63, 3.8) is 0 Å². The van der Waals surface area contributed by atoms with Crippen molar-refractivity contribution in [3.05, 3.63) is 12.2 Å². The molecule has 0 aromatic rings. The quantitative estimate of drug-likeness (QED) is 0.00886. The Morgan fingerprint density at radius 2 is 0.745 bits per heavy atom. The largest absolute Gasteiger partial charge is 0.472 e. The molecule has 19 atom stereocenters. The Kier molecular flexibility index (Phi) is 53.2. The molecule has 1 saturated carbocycles. The van der Waals surface area contributed by atoms with Crippen LogP contribution in [0.3, 0.4) is 0 Å². The Bertz CT molecular complexity index is 2160. The molecule has 3 rings (SSSR count). The molecule has 3 aliphatic rings. The van der Waals surface area contributed by atoms with Gasteiger partial charge in [-0.1, -0.05) is 271 Å². The smallest absolute Gasteiger partial charge is 0.463 e. The third-order valence-electron chi connectivity index (χ3n) is 20.2. The van der Waals surface area contributed by atoms with Crippen molar-refractivity contribution in [1.82, 2.24) is 0 Å². The zero-order valence-electron chi connectivity index (χ0n) is 63.1. The van der Waals surface area contributed by atoms with Crippen LogP contribution in [-0.2, 0) is 61.2 Å². The second-order valence-electron chi connectivity index (χ2n) is 29.4. The van der Waals surface area contributed by atoms with Crippen LogP contribution in [0.5, 0.6) is 0 Å². The lowest BCUT2D eigenvalue weighted by molar-refractivity contribution is -0.360. The van der Waals surface area contributed by atoms with E-state index in [4.69, 9.17) is 42.2 Å². The molecule has 19 unspecified atom stereocenters. The molecule has 600 valence electrons. The molecular weight excluding hydrogens is 1340 g/mol. The third kappa shape index (κ3) is 40.2. The maximum atomic E-state index is 14.4. The molecule has 0 bridgehead atoms. The normalized spacial score (nSPS) is 27.4. The minimum Gasteiger partial charge on any atom is -0.463 e. The van der Waals surface area contributed by atoms with Crippen molar-refractivity contribution in [2.45, 2.75) is 427 Å². The van der Waals surface area contributed by atoms with Gasteiger partial charge in [-0.2, -0.15) is 0 Å². The number of esters is 3. The molecule has 0 aromatic heterocycles. The van der Waals surface area contributed by atoms with Crippen molar-refractivity contribution in [2.75, 3.05) is 26.4 Å². The molecular formula is C77H143O24P. The van der Waals surface area contributed by atoms with Gasteiger partial charge in [0.1, 0.15) is 98.7 Å². The second-order valence-corrected chi connectivity index (χ2v) is 30.8. The van der Waals surface area contributed by atoms with Crippen LogP contribution in [-0.4, -0.2) is 204 Å². The van der Waals surface area contributed by atoms with E-state index in [0.29, 0.717) is 25.2 Å². The molecule has 25 heteroatoms. The van der Waals surface area contributed by atoms with Crippen LogP contribution in [0.1, 0.15) is 323 Å². The summed E-state index contributed by atoms with van der Waals surface area (Å²) in [6, 6.07) is 0. The van der Waals surface area contributed by atoms with E-state index in [2.05, 4.69) is 39.8 Å². The molecule has 0 radical (unpaired) electrons. The van der Waals surface area contributed by atoms with Crippen LogP contribution in [0, 0.1) is 5.92 Å². The highest BCUT2D eigenvalue weighted by atomic mass is 31.2. The number of hydrogen-bond donors (Lipinski definition) is 11. The van der Waals surface area contributed by atoms with Gasteiger partial charge < -0.3 is 89.1 Å². The lowest BCUT2D eigenvalue weighted by atomic mass is 9.84. The van der Waals surface area contributed by atoms with Crippen molar-refractivity contribution < 1.29 is 117 Å². The lowest BCUT2D eigenvalue weighted by Crippen LogP contribution is -2.69. The second kappa shape index (κ2) is 57.8. The highest BCUT2D eigenvalue weighted by molar-refractivity contribution is 7.47. The first kappa shape index (κ1) is 93.9. The topological polar surface area (TPSA) is 374 Å².